The van der Waals surface area contributed by atoms with E-state index in [4.69, 9.17) is 0 Å². The summed E-state index contributed by atoms with van der Waals surface area (Å²) in [7, 11) is -3.69. The number of H-pyrrole nitrogens is 1. The zero-order chi connectivity index (χ0) is 24.0. The van der Waals surface area contributed by atoms with E-state index in [9.17, 15) is 13.2 Å². The van der Waals surface area contributed by atoms with Gasteiger partial charge in [-0.25, -0.2) is 0 Å². The third-order valence-corrected chi connectivity index (χ3v) is 8.06. The van der Waals surface area contributed by atoms with E-state index in [0.717, 1.165) is 24.9 Å². The van der Waals surface area contributed by atoms with Gasteiger partial charge < -0.3 is 15.2 Å². The maximum Gasteiger partial charge on any atom is 0.285 e. The molecule has 2 aliphatic rings. The number of amides is 1. The zero-order valence-corrected chi connectivity index (χ0v) is 19.8. The highest BCUT2D eigenvalue weighted by Crippen LogP contribution is 2.30. The predicted octanol–water partition coefficient (Wildman–Crippen LogP) is 4.75. The number of para-hydroxylation sites is 1. The number of sulfonamides is 1. The van der Waals surface area contributed by atoms with E-state index in [1.54, 1.807) is 48.5 Å². The summed E-state index contributed by atoms with van der Waals surface area (Å²) in [5.74, 6) is 0.573. The van der Waals surface area contributed by atoms with Crippen molar-refractivity contribution in [1.82, 2.24) is 9.88 Å². The van der Waals surface area contributed by atoms with Crippen LogP contribution in [-0.4, -0.2) is 43.1 Å². The van der Waals surface area contributed by atoms with Crippen LogP contribution >= 0.6 is 0 Å². The van der Waals surface area contributed by atoms with Gasteiger partial charge in [-0.2, -0.15) is 8.42 Å². The number of aromatic nitrogens is 1. The van der Waals surface area contributed by atoms with Crippen LogP contribution in [0.1, 0.15) is 40.4 Å². The molecular formula is C27H24N4O3S. The molecule has 0 saturated carbocycles. The molecule has 35 heavy (non-hydrogen) atoms. The Hall–Kier alpha value is -3.91. The van der Waals surface area contributed by atoms with Crippen LogP contribution in [0.3, 0.4) is 0 Å². The molecule has 1 fully saturated rings. The Morgan fingerprint density at radius 1 is 1.00 bits per heavy atom. The van der Waals surface area contributed by atoms with Gasteiger partial charge in [0.2, 0.25) is 0 Å². The lowest BCUT2D eigenvalue weighted by atomic mass is 9.94. The van der Waals surface area contributed by atoms with Crippen LogP contribution in [0.5, 0.6) is 0 Å². The molecule has 0 bridgehead atoms. The third kappa shape index (κ3) is 4.00. The third-order valence-electron chi connectivity index (χ3n) is 6.73. The minimum atomic E-state index is -3.69. The van der Waals surface area contributed by atoms with Crippen molar-refractivity contribution in [1.29, 1.82) is 0 Å². The number of piperidine rings is 1. The number of nitrogens with one attached hydrogen (secondary N) is 2. The van der Waals surface area contributed by atoms with Crippen molar-refractivity contribution in [2.24, 2.45) is 4.40 Å². The number of likely N-dealkylation sites (tertiary alicyclic amines) is 1. The Kier molecular flexibility index (Phi) is 5.18. The number of nitrogens with zero attached hydrogens (tertiary/aromatic N) is 2. The number of hydrogen-bond donors (Lipinski definition) is 2. The highest BCUT2D eigenvalue weighted by molar-refractivity contribution is 7.90. The maximum absolute atomic E-state index is 13.2. The number of carbonyl (C=O) groups is 1. The number of aromatic amines is 1. The lowest BCUT2D eigenvalue weighted by molar-refractivity contribution is 0.0706. The summed E-state index contributed by atoms with van der Waals surface area (Å²) in [6, 6.07) is 24.3. The minimum absolute atomic E-state index is 0.00323. The normalized spacial score (nSPS) is 18.8. The van der Waals surface area contributed by atoms with Crippen molar-refractivity contribution in [3.63, 3.8) is 0 Å². The molecule has 0 radical (unpaired) electrons. The summed E-state index contributed by atoms with van der Waals surface area (Å²) < 4.78 is 28.4. The molecule has 4 aromatic rings. The molecular weight excluding hydrogens is 460 g/mol. The van der Waals surface area contributed by atoms with Crippen LogP contribution in [0.4, 0.5) is 5.69 Å². The quantitative estimate of drug-likeness (QED) is 0.439. The molecule has 8 heteroatoms. The Labute approximate surface area is 203 Å². The van der Waals surface area contributed by atoms with E-state index >= 15 is 0 Å². The molecule has 6 rings (SSSR count). The Morgan fingerprint density at radius 3 is 2.60 bits per heavy atom. The lowest BCUT2D eigenvalue weighted by Gasteiger charge is -2.32. The number of carbonyl (C=O) groups excluding carboxylic acids is 1. The molecule has 0 aliphatic carbocycles. The monoisotopic (exact) mass is 484 g/mol. The summed E-state index contributed by atoms with van der Waals surface area (Å²) in [5.41, 5.74) is 4.12. The standard InChI is InChI=1S/C27H24N4O3S/c32-27(31-15-5-7-20(17-31)24-16-19-6-1-3-9-23(19)29-24)18-11-13-21(14-12-18)28-26-22-8-2-4-10-25(22)35(33,34)30-26/h1-4,6,8-14,16,20,29H,5,7,15,17H2,(H,28,30). The molecule has 0 spiro atoms. The van der Waals surface area contributed by atoms with Gasteiger partial charge in [-0.3, -0.25) is 4.79 Å². The zero-order valence-electron chi connectivity index (χ0n) is 18.9. The second-order valence-corrected chi connectivity index (χ2v) is 10.6. The van der Waals surface area contributed by atoms with Crippen LogP contribution in [0.25, 0.3) is 10.9 Å². The smallest absolute Gasteiger partial charge is 0.285 e. The Bertz CT molecular complexity index is 1540. The fourth-order valence-electron chi connectivity index (χ4n) is 4.94. The van der Waals surface area contributed by atoms with Crippen LogP contribution < -0.4 is 5.32 Å². The van der Waals surface area contributed by atoms with Crippen molar-refractivity contribution in [2.45, 2.75) is 23.7 Å². The van der Waals surface area contributed by atoms with Crippen molar-refractivity contribution < 1.29 is 13.2 Å². The van der Waals surface area contributed by atoms with Crippen molar-refractivity contribution in [2.75, 3.05) is 18.4 Å². The minimum Gasteiger partial charge on any atom is -0.358 e. The maximum atomic E-state index is 13.2. The molecule has 1 atom stereocenters. The molecule has 3 heterocycles. The molecule has 1 amide bonds. The number of benzene rings is 3. The molecule has 1 saturated heterocycles. The highest BCUT2D eigenvalue weighted by atomic mass is 32.2. The predicted molar refractivity (Wildman–Crippen MR) is 136 cm³/mol. The van der Waals surface area contributed by atoms with Gasteiger partial charge in [0.05, 0.1) is 0 Å². The average molecular weight is 485 g/mol. The first-order chi connectivity index (χ1) is 17.0. The summed E-state index contributed by atoms with van der Waals surface area (Å²) in [4.78, 5) is 18.9. The van der Waals surface area contributed by atoms with Crippen LogP contribution in [0.2, 0.25) is 0 Å². The summed E-state index contributed by atoms with van der Waals surface area (Å²) in [6.07, 6.45) is 2.01. The van der Waals surface area contributed by atoms with Gasteiger partial charge in [-0.05, 0) is 66.8 Å². The van der Waals surface area contributed by atoms with Crippen molar-refractivity contribution in [3.05, 3.63) is 95.7 Å². The first-order valence-electron chi connectivity index (χ1n) is 11.7. The van der Waals surface area contributed by atoms with E-state index in [-0.39, 0.29) is 22.6 Å². The van der Waals surface area contributed by atoms with Gasteiger partial charge >= 0.3 is 0 Å². The van der Waals surface area contributed by atoms with E-state index in [1.165, 1.54) is 11.1 Å². The second kappa shape index (κ2) is 8.39. The molecule has 3 aromatic carbocycles. The molecule has 2 N–H and O–H groups in total. The van der Waals surface area contributed by atoms with Crippen LogP contribution in [0, 0.1) is 0 Å². The van der Waals surface area contributed by atoms with Gasteiger partial charge in [-0.1, -0.05) is 30.3 Å². The summed E-state index contributed by atoms with van der Waals surface area (Å²) in [6.45, 7) is 1.41. The summed E-state index contributed by atoms with van der Waals surface area (Å²) in [5, 5.41) is 4.27. The SMILES string of the molecule is O=C(c1ccc(NC2=NS(=O)(=O)c3ccccc32)cc1)N1CCCC(c2cc3ccccc3[nH]2)C1. The average Bonchev–Trinajstić information content (AvgIpc) is 3.43. The second-order valence-electron chi connectivity index (χ2n) is 9.02. The molecule has 1 aromatic heterocycles. The number of hydrogen-bond acceptors (Lipinski definition) is 4. The molecule has 2 aliphatic heterocycles. The Morgan fingerprint density at radius 2 is 1.77 bits per heavy atom. The van der Waals surface area contributed by atoms with Gasteiger partial charge in [0, 0.05) is 47.0 Å². The largest absolute Gasteiger partial charge is 0.358 e. The first kappa shape index (κ1) is 21.6. The summed E-state index contributed by atoms with van der Waals surface area (Å²) >= 11 is 0. The van der Waals surface area contributed by atoms with Gasteiger partial charge in [0.25, 0.3) is 15.9 Å². The molecule has 7 nitrogen and oxygen atoms in total. The van der Waals surface area contributed by atoms with Crippen molar-refractivity contribution in [3.8, 4) is 0 Å². The van der Waals surface area contributed by atoms with E-state index < -0.39 is 10.0 Å². The van der Waals surface area contributed by atoms with E-state index in [2.05, 4.69) is 32.9 Å². The highest BCUT2D eigenvalue weighted by Gasteiger charge is 2.29. The number of amidine groups is 1. The van der Waals surface area contributed by atoms with E-state index in [0.29, 0.717) is 23.4 Å². The number of fused-ring (bicyclic) bond motifs is 2. The van der Waals surface area contributed by atoms with Gasteiger partial charge in [-0.15, -0.1) is 4.40 Å². The lowest BCUT2D eigenvalue weighted by Crippen LogP contribution is -2.39. The van der Waals surface area contributed by atoms with Crippen LogP contribution in [-0.2, 0) is 10.0 Å². The van der Waals surface area contributed by atoms with E-state index in [1.807, 2.05) is 17.0 Å². The van der Waals surface area contributed by atoms with Crippen molar-refractivity contribution >= 4 is 38.4 Å². The fourth-order valence-corrected chi connectivity index (χ4v) is 6.12. The topological polar surface area (TPSA) is 94.6 Å². The van der Waals surface area contributed by atoms with Gasteiger partial charge in [0.15, 0.2) is 5.84 Å². The molecule has 1 unspecified atom stereocenters. The molecule has 176 valence electrons. The number of rotatable bonds is 3. The van der Waals surface area contributed by atoms with Gasteiger partial charge in [0.1, 0.15) is 4.90 Å². The fraction of sp³-hybridized carbons (Fsp3) is 0.185. The Balaban J connectivity index is 1.16. The number of anilines is 1. The first-order valence-corrected chi connectivity index (χ1v) is 13.1. The van der Waals surface area contributed by atoms with Crippen LogP contribution in [0.15, 0.2) is 88.2 Å².